The van der Waals surface area contributed by atoms with Gasteiger partial charge in [-0.1, -0.05) is 26.7 Å². The Hall–Kier alpha value is -0.120. The highest BCUT2D eigenvalue weighted by atomic mass is 16.5. The lowest BCUT2D eigenvalue weighted by atomic mass is 9.70. The summed E-state index contributed by atoms with van der Waals surface area (Å²) in [6, 6.07) is 0. The van der Waals surface area contributed by atoms with Gasteiger partial charge in [-0.25, -0.2) is 0 Å². The van der Waals surface area contributed by atoms with E-state index in [0.717, 1.165) is 25.6 Å². The first-order valence-electron chi connectivity index (χ1n) is 9.11. The largest absolute Gasteiger partial charge is 0.373 e. The zero-order valence-corrected chi connectivity index (χ0v) is 14.7. The molecule has 1 aliphatic heterocycles. The molecule has 0 spiro atoms. The summed E-state index contributed by atoms with van der Waals surface area (Å²) in [6.07, 6.45) is 7.61. The van der Waals surface area contributed by atoms with Crippen LogP contribution in [0, 0.1) is 11.3 Å². The zero-order chi connectivity index (χ0) is 15.3. The SMILES string of the molecule is CCCNCC1(CN2CC(C)OC(C)C2)CCC(C)CC1. The van der Waals surface area contributed by atoms with Gasteiger partial charge in [-0.2, -0.15) is 0 Å². The van der Waals surface area contributed by atoms with Crippen LogP contribution in [0.4, 0.5) is 0 Å². The van der Waals surface area contributed by atoms with Crippen LogP contribution in [0.25, 0.3) is 0 Å². The van der Waals surface area contributed by atoms with Crippen LogP contribution >= 0.6 is 0 Å². The van der Waals surface area contributed by atoms with Crippen molar-refractivity contribution in [1.29, 1.82) is 0 Å². The summed E-state index contributed by atoms with van der Waals surface area (Å²) in [4.78, 5) is 2.67. The molecule has 0 amide bonds. The highest BCUT2D eigenvalue weighted by Gasteiger charge is 2.37. The Morgan fingerprint density at radius 1 is 1.10 bits per heavy atom. The molecule has 1 N–H and O–H groups in total. The van der Waals surface area contributed by atoms with Crippen molar-refractivity contribution in [3.05, 3.63) is 0 Å². The molecule has 0 aromatic carbocycles. The predicted octanol–water partition coefficient (Wildman–Crippen LogP) is 3.29. The van der Waals surface area contributed by atoms with Crippen molar-refractivity contribution in [3.63, 3.8) is 0 Å². The van der Waals surface area contributed by atoms with Gasteiger partial charge in [0.25, 0.3) is 0 Å². The van der Waals surface area contributed by atoms with Crippen LogP contribution < -0.4 is 5.32 Å². The molecule has 1 saturated carbocycles. The summed E-state index contributed by atoms with van der Waals surface area (Å²) < 4.78 is 5.90. The van der Waals surface area contributed by atoms with Crippen LogP contribution in [0.2, 0.25) is 0 Å². The Labute approximate surface area is 131 Å². The number of hydrogen-bond acceptors (Lipinski definition) is 3. The molecule has 2 fully saturated rings. The second-order valence-corrected chi connectivity index (χ2v) is 7.81. The van der Waals surface area contributed by atoms with Crippen LogP contribution in [0.5, 0.6) is 0 Å². The first-order valence-corrected chi connectivity index (χ1v) is 9.11. The van der Waals surface area contributed by atoms with Crippen molar-refractivity contribution in [2.45, 2.75) is 72.0 Å². The predicted molar refractivity (Wildman–Crippen MR) is 89.7 cm³/mol. The van der Waals surface area contributed by atoms with E-state index in [-0.39, 0.29) is 0 Å². The Morgan fingerprint density at radius 2 is 1.71 bits per heavy atom. The molecule has 1 aliphatic carbocycles. The molecular weight excluding hydrogens is 260 g/mol. The van der Waals surface area contributed by atoms with Crippen LogP contribution in [0.3, 0.4) is 0 Å². The van der Waals surface area contributed by atoms with Gasteiger partial charge in [0.15, 0.2) is 0 Å². The van der Waals surface area contributed by atoms with Crippen molar-refractivity contribution < 1.29 is 4.74 Å². The molecule has 3 heteroatoms. The molecule has 2 rings (SSSR count). The maximum absolute atomic E-state index is 5.90. The van der Waals surface area contributed by atoms with Crippen molar-refractivity contribution in [2.75, 3.05) is 32.7 Å². The number of hydrogen-bond donors (Lipinski definition) is 1. The van der Waals surface area contributed by atoms with Gasteiger partial charge in [0.05, 0.1) is 12.2 Å². The quantitative estimate of drug-likeness (QED) is 0.761. The van der Waals surface area contributed by atoms with Gasteiger partial charge in [0.2, 0.25) is 0 Å². The maximum atomic E-state index is 5.90. The molecule has 21 heavy (non-hydrogen) atoms. The summed E-state index contributed by atoms with van der Waals surface area (Å²) in [5.74, 6) is 0.923. The summed E-state index contributed by atoms with van der Waals surface area (Å²) >= 11 is 0. The molecule has 0 aromatic heterocycles. The van der Waals surface area contributed by atoms with E-state index in [1.807, 2.05) is 0 Å². The van der Waals surface area contributed by atoms with Gasteiger partial charge in [-0.05, 0) is 51.0 Å². The van der Waals surface area contributed by atoms with Crippen LogP contribution in [0.1, 0.15) is 59.8 Å². The molecule has 2 unspecified atom stereocenters. The molecule has 124 valence electrons. The summed E-state index contributed by atoms with van der Waals surface area (Å²) in [5, 5.41) is 3.71. The Morgan fingerprint density at radius 3 is 2.29 bits per heavy atom. The molecule has 0 bridgehead atoms. The summed E-state index contributed by atoms with van der Waals surface area (Å²) in [6.45, 7) is 14.9. The average molecular weight is 296 g/mol. The monoisotopic (exact) mass is 296 g/mol. The minimum absolute atomic E-state index is 0.386. The van der Waals surface area contributed by atoms with Crippen molar-refractivity contribution in [3.8, 4) is 0 Å². The number of nitrogens with one attached hydrogen (secondary N) is 1. The third kappa shape index (κ3) is 5.22. The van der Waals surface area contributed by atoms with Gasteiger partial charge in [0, 0.05) is 26.2 Å². The number of rotatable bonds is 6. The Bertz CT molecular complexity index is 290. The normalized spacial score (nSPS) is 38.6. The third-order valence-corrected chi connectivity index (χ3v) is 5.32. The highest BCUT2D eigenvalue weighted by Crippen LogP contribution is 2.39. The van der Waals surface area contributed by atoms with Crippen LogP contribution in [-0.4, -0.2) is 49.8 Å². The van der Waals surface area contributed by atoms with Gasteiger partial charge in [-0.3, -0.25) is 4.90 Å². The molecule has 1 heterocycles. The standard InChI is InChI=1S/C18H36N2O/c1-5-10-19-13-18(8-6-15(2)7-9-18)14-20-11-16(3)21-17(4)12-20/h15-17,19H,5-14H2,1-4H3. The molecule has 2 atom stereocenters. The maximum Gasteiger partial charge on any atom is 0.0678 e. The second-order valence-electron chi connectivity index (χ2n) is 7.81. The van der Waals surface area contributed by atoms with Crippen LogP contribution in [-0.2, 0) is 4.74 Å². The van der Waals surface area contributed by atoms with E-state index in [1.54, 1.807) is 0 Å². The lowest BCUT2D eigenvalue weighted by Gasteiger charge is -2.45. The number of nitrogens with zero attached hydrogens (tertiary/aromatic N) is 1. The second kappa shape index (κ2) is 7.94. The summed E-state index contributed by atoms with van der Waals surface area (Å²) in [7, 11) is 0. The summed E-state index contributed by atoms with van der Waals surface area (Å²) in [5.41, 5.74) is 0.498. The highest BCUT2D eigenvalue weighted by molar-refractivity contribution is 4.90. The molecule has 3 nitrogen and oxygen atoms in total. The lowest BCUT2D eigenvalue weighted by molar-refractivity contribution is -0.0811. The van der Waals surface area contributed by atoms with Gasteiger partial charge < -0.3 is 10.1 Å². The van der Waals surface area contributed by atoms with E-state index < -0.39 is 0 Å². The van der Waals surface area contributed by atoms with E-state index in [2.05, 4.69) is 37.9 Å². The number of ether oxygens (including phenoxy) is 1. The van der Waals surface area contributed by atoms with Gasteiger partial charge >= 0.3 is 0 Å². The third-order valence-electron chi connectivity index (χ3n) is 5.32. The molecule has 0 aromatic rings. The Kier molecular flexibility index (Phi) is 6.51. The fourth-order valence-corrected chi connectivity index (χ4v) is 4.18. The number of morpholine rings is 1. The van der Waals surface area contributed by atoms with E-state index in [4.69, 9.17) is 4.74 Å². The zero-order valence-electron chi connectivity index (χ0n) is 14.7. The van der Waals surface area contributed by atoms with Crippen molar-refractivity contribution in [2.24, 2.45) is 11.3 Å². The first-order chi connectivity index (χ1) is 10.0. The fourth-order valence-electron chi connectivity index (χ4n) is 4.18. The van der Waals surface area contributed by atoms with Crippen molar-refractivity contribution in [1.82, 2.24) is 10.2 Å². The van der Waals surface area contributed by atoms with Gasteiger partial charge in [0.1, 0.15) is 0 Å². The van der Waals surface area contributed by atoms with E-state index >= 15 is 0 Å². The molecule has 0 radical (unpaired) electrons. The van der Waals surface area contributed by atoms with Crippen LogP contribution in [0.15, 0.2) is 0 Å². The van der Waals surface area contributed by atoms with E-state index in [1.165, 1.54) is 45.2 Å². The minimum Gasteiger partial charge on any atom is -0.373 e. The fraction of sp³-hybridized carbons (Fsp3) is 1.00. The molecule has 1 saturated heterocycles. The smallest absolute Gasteiger partial charge is 0.0678 e. The first kappa shape index (κ1) is 17.2. The van der Waals surface area contributed by atoms with E-state index in [0.29, 0.717) is 17.6 Å². The Balaban J connectivity index is 1.94. The lowest BCUT2D eigenvalue weighted by Crippen LogP contribution is -2.52. The average Bonchev–Trinajstić information content (AvgIpc) is 2.41. The van der Waals surface area contributed by atoms with Crippen molar-refractivity contribution >= 4 is 0 Å². The topological polar surface area (TPSA) is 24.5 Å². The minimum atomic E-state index is 0.386. The molecule has 2 aliphatic rings. The van der Waals surface area contributed by atoms with Gasteiger partial charge in [-0.15, -0.1) is 0 Å². The molecular formula is C18H36N2O. The van der Waals surface area contributed by atoms with E-state index in [9.17, 15) is 0 Å².